The van der Waals surface area contributed by atoms with E-state index in [0.717, 1.165) is 24.9 Å². The summed E-state index contributed by atoms with van der Waals surface area (Å²) in [4.78, 5) is 17.1. The average molecular weight is 332 g/mol. The minimum absolute atomic E-state index is 0.0115. The van der Waals surface area contributed by atoms with Gasteiger partial charge in [0.1, 0.15) is 0 Å². The van der Waals surface area contributed by atoms with E-state index >= 15 is 0 Å². The molecule has 0 radical (unpaired) electrons. The van der Waals surface area contributed by atoms with Crippen molar-refractivity contribution in [2.45, 2.75) is 46.2 Å². The van der Waals surface area contributed by atoms with Crippen molar-refractivity contribution in [3.63, 3.8) is 0 Å². The number of carbonyl (C=O) groups is 1. The highest BCUT2D eigenvalue weighted by Crippen LogP contribution is 2.26. The number of urea groups is 1. The van der Waals surface area contributed by atoms with Gasteiger partial charge in [-0.15, -0.1) is 11.3 Å². The van der Waals surface area contributed by atoms with Crippen LogP contribution >= 0.6 is 11.3 Å². The third-order valence-electron chi connectivity index (χ3n) is 4.52. The molecule has 0 aliphatic carbocycles. The van der Waals surface area contributed by atoms with Gasteiger partial charge < -0.3 is 10.2 Å². The summed E-state index contributed by atoms with van der Waals surface area (Å²) < 4.78 is 1.93. The highest BCUT2D eigenvalue weighted by atomic mass is 32.1. The molecule has 1 atom stereocenters. The molecule has 5 nitrogen and oxygen atoms in total. The molecule has 2 amide bonds. The lowest BCUT2D eigenvalue weighted by atomic mass is 10.1. The third kappa shape index (κ3) is 3.27. The van der Waals surface area contributed by atoms with E-state index in [2.05, 4.69) is 37.3 Å². The van der Waals surface area contributed by atoms with Crippen molar-refractivity contribution in [1.82, 2.24) is 20.0 Å². The summed E-state index contributed by atoms with van der Waals surface area (Å²) in [6.07, 6.45) is 3.84. The van der Waals surface area contributed by atoms with E-state index in [9.17, 15) is 4.79 Å². The molecule has 1 N–H and O–H groups in total. The number of amides is 2. The lowest BCUT2D eigenvalue weighted by Gasteiger charge is -2.23. The van der Waals surface area contributed by atoms with Gasteiger partial charge in [-0.2, -0.15) is 5.10 Å². The first-order valence-electron chi connectivity index (χ1n) is 8.08. The SMILES string of the molecule is Cc1cc(C(C)NC(=O)N2CCCc3c(cnn3C)C2)c(C)s1. The molecule has 0 saturated heterocycles. The number of thiophene rings is 1. The van der Waals surface area contributed by atoms with Crippen molar-refractivity contribution in [2.75, 3.05) is 6.54 Å². The lowest BCUT2D eigenvalue weighted by Crippen LogP contribution is -2.40. The van der Waals surface area contributed by atoms with Crippen molar-refractivity contribution in [2.24, 2.45) is 7.05 Å². The Morgan fingerprint density at radius 1 is 1.43 bits per heavy atom. The second kappa shape index (κ2) is 6.35. The fourth-order valence-electron chi connectivity index (χ4n) is 3.29. The number of aromatic nitrogens is 2. The number of hydrogen-bond acceptors (Lipinski definition) is 3. The largest absolute Gasteiger partial charge is 0.331 e. The smallest absolute Gasteiger partial charge is 0.318 e. The van der Waals surface area contributed by atoms with Gasteiger partial charge in [0, 0.05) is 34.6 Å². The second-order valence-electron chi connectivity index (χ2n) is 6.30. The molecule has 0 aromatic carbocycles. The van der Waals surface area contributed by atoms with Gasteiger partial charge in [-0.3, -0.25) is 4.68 Å². The zero-order valence-electron chi connectivity index (χ0n) is 14.2. The topological polar surface area (TPSA) is 50.2 Å². The van der Waals surface area contributed by atoms with Gasteiger partial charge in [0.2, 0.25) is 0 Å². The number of rotatable bonds is 2. The summed E-state index contributed by atoms with van der Waals surface area (Å²) in [7, 11) is 1.97. The molecule has 3 heterocycles. The number of aryl methyl sites for hydroxylation is 3. The molecule has 1 aliphatic rings. The Morgan fingerprint density at radius 2 is 2.22 bits per heavy atom. The zero-order chi connectivity index (χ0) is 16.6. The quantitative estimate of drug-likeness (QED) is 0.917. The van der Waals surface area contributed by atoms with Crippen LogP contribution in [0.25, 0.3) is 0 Å². The minimum Gasteiger partial charge on any atom is -0.331 e. The van der Waals surface area contributed by atoms with Crippen molar-refractivity contribution in [3.8, 4) is 0 Å². The van der Waals surface area contributed by atoms with E-state index < -0.39 is 0 Å². The highest BCUT2D eigenvalue weighted by molar-refractivity contribution is 7.12. The summed E-state index contributed by atoms with van der Waals surface area (Å²) in [5.41, 5.74) is 3.63. The summed E-state index contributed by atoms with van der Waals surface area (Å²) in [6.45, 7) is 7.70. The number of hydrogen-bond donors (Lipinski definition) is 1. The van der Waals surface area contributed by atoms with Crippen molar-refractivity contribution in [3.05, 3.63) is 38.8 Å². The van der Waals surface area contributed by atoms with Crippen LogP contribution in [0.1, 0.15) is 46.0 Å². The van der Waals surface area contributed by atoms with Gasteiger partial charge in [0.15, 0.2) is 0 Å². The summed E-state index contributed by atoms with van der Waals surface area (Å²) in [5.74, 6) is 0. The van der Waals surface area contributed by atoms with Gasteiger partial charge in [-0.25, -0.2) is 4.79 Å². The van der Waals surface area contributed by atoms with Crippen molar-refractivity contribution in [1.29, 1.82) is 0 Å². The number of nitrogens with zero attached hydrogens (tertiary/aromatic N) is 3. The van der Waals surface area contributed by atoms with Crippen molar-refractivity contribution < 1.29 is 4.79 Å². The van der Waals surface area contributed by atoms with E-state index in [1.54, 1.807) is 11.3 Å². The maximum Gasteiger partial charge on any atom is 0.318 e. The third-order valence-corrected chi connectivity index (χ3v) is 5.51. The number of fused-ring (bicyclic) bond motifs is 1. The molecule has 2 aromatic heterocycles. The van der Waals surface area contributed by atoms with Gasteiger partial charge in [0.25, 0.3) is 0 Å². The predicted octanol–water partition coefficient (Wildman–Crippen LogP) is 3.32. The highest BCUT2D eigenvalue weighted by Gasteiger charge is 2.23. The summed E-state index contributed by atoms with van der Waals surface area (Å²) in [5, 5.41) is 7.47. The molecule has 1 aliphatic heterocycles. The van der Waals surface area contributed by atoms with Crippen LogP contribution in [0, 0.1) is 13.8 Å². The molecule has 3 rings (SSSR count). The molecule has 1 unspecified atom stereocenters. The van der Waals surface area contributed by atoms with Gasteiger partial charge >= 0.3 is 6.03 Å². The Balaban J connectivity index is 1.69. The molecule has 124 valence electrons. The van der Waals surface area contributed by atoms with Crippen LogP contribution in [0.15, 0.2) is 12.3 Å². The average Bonchev–Trinajstić information content (AvgIpc) is 2.92. The molecule has 2 aromatic rings. The van der Waals surface area contributed by atoms with Crippen LogP contribution in [0.2, 0.25) is 0 Å². The monoisotopic (exact) mass is 332 g/mol. The summed E-state index contributed by atoms with van der Waals surface area (Å²) >= 11 is 1.78. The van der Waals surface area contributed by atoms with Crippen molar-refractivity contribution >= 4 is 17.4 Å². The van der Waals surface area contributed by atoms with Crippen LogP contribution in [0.4, 0.5) is 4.79 Å². The lowest BCUT2D eigenvalue weighted by molar-refractivity contribution is 0.192. The fraction of sp³-hybridized carbons (Fsp3) is 0.529. The van der Waals surface area contributed by atoms with E-state index in [0.29, 0.717) is 6.54 Å². The maximum absolute atomic E-state index is 12.7. The van der Waals surface area contributed by atoms with Crippen LogP contribution in [-0.2, 0) is 20.0 Å². The Morgan fingerprint density at radius 3 is 2.91 bits per heavy atom. The van der Waals surface area contributed by atoms with Gasteiger partial charge in [0.05, 0.1) is 18.8 Å². The fourth-order valence-corrected chi connectivity index (χ4v) is 4.32. The Kier molecular flexibility index (Phi) is 4.43. The minimum atomic E-state index is 0.0115. The standard InChI is InChI=1S/C17H24N4OS/c1-11-8-15(13(3)23-11)12(2)19-17(22)21-7-5-6-16-14(10-21)9-18-20(16)4/h8-9,12H,5-7,10H2,1-4H3,(H,19,22). The van der Waals surface area contributed by atoms with Crippen LogP contribution in [0.3, 0.4) is 0 Å². The zero-order valence-corrected chi connectivity index (χ0v) is 15.0. The summed E-state index contributed by atoms with van der Waals surface area (Å²) in [6, 6.07) is 2.22. The first kappa shape index (κ1) is 16.1. The van der Waals surface area contributed by atoms with E-state index in [4.69, 9.17) is 0 Å². The second-order valence-corrected chi connectivity index (χ2v) is 7.77. The van der Waals surface area contributed by atoms with Gasteiger partial charge in [-0.1, -0.05) is 0 Å². The Labute approximate surface area is 141 Å². The van der Waals surface area contributed by atoms with E-state index in [1.807, 2.05) is 22.8 Å². The Bertz CT molecular complexity index is 718. The first-order valence-corrected chi connectivity index (χ1v) is 8.89. The molecule has 6 heteroatoms. The molecule has 0 spiro atoms. The van der Waals surface area contributed by atoms with E-state index in [-0.39, 0.29) is 12.1 Å². The normalized spacial score (nSPS) is 15.9. The van der Waals surface area contributed by atoms with Gasteiger partial charge in [-0.05, 0) is 45.2 Å². The molecule has 0 saturated carbocycles. The maximum atomic E-state index is 12.7. The van der Waals surface area contributed by atoms with Crippen LogP contribution < -0.4 is 5.32 Å². The Hall–Kier alpha value is -1.82. The first-order chi connectivity index (χ1) is 11.0. The molecule has 0 fully saturated rings. The van der Waals surface area contributed by atoms with E-state index in [1.165, 1.54) is 21.0 Å². The van der Waals surface area contributed by atoms with Crippen LogP contribution in [0.5, 0.6) is 0 Å². The molecular weight excluding hydrogens is 308 g/mol. The molecular formula is C17H24N4OS. The van der Waals surface area contributed by atoms with Crippen LogP contribution in [-0.4, -0.2) is 27.3 Å². The predicted molar refractivity (Wildman–Crippen MR) is 92.7 cm³/mol. The number of nitrogens with one attached hydrogen (secondary N) is 1. The molecule has 23 heavy (non-hydrogen) atoms. The molecule has 0 bridgehead atoms. The number of carbonyl (C=O) groups excluding carboxylic acids is 1.